The molecule has 1 heterocycles. The van der Waals surface area contributed by atoms with Crippen molar-refractivity contribution in [3.8, 4) is 0 Å². The largest absolute Gasteiger partial charge is 0.353 e. The van der Waals surface area contributed by atoms with E-state index in [0.717, 1.165) is 24.9 Å². The van der Waals surface area contributed by atoms with Gasteiger partial charge >= 0.3 is 0 Å². The molecule has 4 heteroatoms. The molecule has 2 fully saturated rings. The van der Waals surface area contributed by atoms with Gasteiger partial charge in [-0.2, -0.15) is 0 Å². The van der Waals surface area contributed by atoms with Gasteiger partial charge in [0.05, 0.1) is 5.92 Å². The minimum absolute atomic E-state index is 0.0536. The number of amides is 2. The maximum Gasteiger partial charge on any atom is 0.227 e. The molecule has 1 aliphatic heterocycles. The minimum Gasteiger partial charge on any atom is -0.353 e. The van der Waals surface area contributed by atoms with E-state index in [9.17, 15) is 9.59 Å². The van der Waals surface area contributed by atoms with Crippen LogP contribution in [0.1, 0.15) is 51.0 Å². The van der Waals surface area contributed by atoms with Crippen LogP contribution < -0.4 is 10.2 Å². The van der Waals surface area contributed by atoms with Crippen LogP contribution in [0.15, 0.2) is 24.3 Å². The molecule has 1 N–H and O–H groups in total. The van der Waals surface area contributed by atoms with Gasteiger partial charge in [-0.3, -0.25) is 9.59 Å². The highest BCUT2D eigenvalue weighted by atomic mass is 16.2. The molecule has 0 radical (unpaired) electrons. The standard InChI is InChI=1S/C19H26N2O2/c1-2-14-8-10-17(11-9-14)21-13-15(12-18(21)22)19(23)20-16-6-4-3-5-7-16/h8-11,15-16H,2-7,12-13H2,1H3,(H,20,23). The number of aryl methyl sites for hydroxylation is 1. The van der Waals surface area contributed by atoms with Crippen LogP contribution in [-0.4, -0.2) is 24.4 Å². The zero-order valence-corrected chi connectivity index (χ0v) is 13.9. The third-order valence-electron chi connectivity index (χ3n) is 5.10. The first kappa shape index (κ1) is 16.0. The normalized spacial score (nSPS) is 22.4. The molecular weight excluding hydrogens is 288 g/mol. The van der Waals surface area contributed by atoms with Crippen LogP contribution in [0.25, 0.3) is 0 Å². The molecule has 1 unspecified atom stereocenters. The molecule has 1 atom stereocenters. The Balaban J connectivity index is 1.60. The van der Waals surface area contributed by atoms with E-state index < -0.39 is 0 Å². The molecule has 23 heavy (non-hydrogen) atoms. The highest BCUT2D eigenvalue weighted by Gasteiger charge is 2.35. The first-order valence-electron chi connectivity index (χ1n) is 8.87. The van der Waals surface area contributed by atoms with E-state index >= 15 is 0 Å². The summed E-state index contributed by atoms with van der Waals surface area (Å²) >= 11 is 0. The summed E-state index contributed by atoms with van der Waals surface area (Å²) < 4.78 is 0. The molecule has 1 saturated carbocycles. The summed E-state index contributed by atoms with van der Waals surface area (Å²) in [7, 11) is 0. The summed E-state index contributed by atoms with van der Waals surface area (Å²) in [5.41, 5.74) is 2.16. The average molecular weight is 314 g/mol. The van der Waals surface area contributed by atoms with Crippen LogP contribution in [0, 0.1) is 5.92 Å². The highest BCUT2D eigenvalue weighted by Crippen LogP contribution is 2.26. The second-order valence-electron chi connectivity index (χ2n) is 6.77. The zero-order valence-electron chi connectivity index (χ0n) is 13.9. The number of carbonyl (C=O) groups is 2. The lowest BCUT2D eigenvalue weighted by Gasteiger charge is -2.24. The number of hydrogen-bond acceptors (Lipinski definition) is 2. The average Bonchev–Trinajstić information content (AvgIpc) is 2.98. The molecule has 2 amide bonds. The SMILES string of the molecule is CCc1ccc(N2CC(C(=O)NC3CCCCC3)CC2=O)cc1. The summed E-state index contributed by atoms with van der Waals surface area (Å²) in [6.45, 7) is 2.62. The smallest absolute Gasteiger partial charge is 0.227 e. The Morgan fingerprint density at radius 1 is 1.17 bits per heavy atom. The summed E-state index contributed by atoms with van der Waals surface area (Å²) in [5, 5.41) is 3.15. The Hall–Kier alpha value is -1.84. The van der Waals surface area contributed by atoms with E-state index in [-0.39, 0.29) is 17.7 Å². The fraction of sp³-hybridized carbons (Fsp3) is 0.579. The van der Waals surface area contributed by atoms with Gasteiger partial charge in [-0.1, -0.05) is 38.3 Å². The van der Waals surface area contributed by atoms with Crippen molar-refractivity contribution in [2.24, 2.45) is 5.92 Å². The van der Waals surface area contributed by atoms with E-state index in [1.807, 2.05) is 12.1 Å². The van der Waals surface area contributed by atoms with Gasteiger partial charge in [-0.05, 0) is 37.0 Å². The number of nitrogens with one attached hydrogen (secondary N) is 1. The first-order valence-corrected chi connectivity index (χ1v) is 8.87. The minimum atomic E-state index is -0.213. The molecule has 4 nitrogen and oxygen atoms in total. The molecule has 0 spiro atoms. The molecular formula is C19H26N2O2. The summed E-state index contributed by atoms with van der Waals surface area (Å²) in [6.07, 6.45) is 7.14. The molecule has 1 aromatic rings. The van der Waals surface area contributed by atoms with E-state index in [1.54, 1.807) is 4.90 Å². The van der Waals surface area contributed by atoms with Gasteiger partial charge < -0.3 is 10.2 Å². The number of rotatable bonds is 4. The summed E-state index contributed by atoms with van der Waals surface area (Å²) in [6, 6.07) is 8.39. The second kappa shape index (κ2) is 7.16. The van der Waals surface area contributed by atoms with Crippen LogP contribution >= 0.6 is 0 Å². The van der Waals surface area contributed by atoms with Crippen molar-refractivity contribution >= 4 is 17.5 Å². The zero-order chi connectivity index (χ0) is 16.2. The Morgan fingerprint density at radius 3 is 2.52 bits per heavy atom. The van der Waals surface area contributed by atoms with Gasteiger partial charge in [0.15, 0.2) is 0 Å². The highest BCUT2D eigenvalue weighted by molar-refractivity contribution is 6.00. The van der Waals surface area contributed by atoms with Crippen LogP contribution in [0.5, 0.6) is 0 Å². The van der Waals surface area contributed by atoms with Gasteiger partial charge in [0, 0.05) is 24.7 Å². The molecule has 1 saturated heterocycles. The van der Waals surface area contributed by atoms with Crippen molar-refractivity contribution < 1.29 is 9.59 Å². The first-order chi connectivity index (χ1) is 11.2. The van der Waals surface area contributed by atoms with Crippen molar-refractivity contribution in [3.05, 3.63) is 29.8 Å². The second-order valence-corrected chi connectivity index (χ2v) is 6.77. The van der Waals surface area contributed by atoms with Gasteiger partial charge in [-0.25, -0.2) is 0 Å². The van der Waals surface area contributed by atoms with Crippen molar-refractivity contribution in [3.63, 3.8) is 0 Å². The summed E-state index contributed by atoms with van der Waals surface area (Å²) in [5.74, 6) is -0.105. The Bertz CT molecular complexity index is 561. The Kier molecular flexibility index (Phi) is 4.99. The third kappa shape index (κ3) is 3.74. The molecule has 0 bridgehead atoms. The monoisotopic (exact) mass is 314 g/mol. The van der Waals surface area contributed by atoms with Crippen molar-refractivity contribution in [2.75, 3.05) is 11.4 Å². The van der Waals surface area contributed by atoms with Gasteiger partial charge in [0.1, 0.15) is 0 Å². The lowest BCUT2D eigenvalue weighted by molar-refractivity contribution is -0.127. The van der Waals surface area contributed by atoms with Crippen LogP contribution in [0.3, 0.4) is 0 Å². The maximum atomic E-state index is 12.4. The number of nitrogens with zero attached hydrogens (tertiary/aromatic N) is 1. The van der Waals surface area contributed by atoms with Crippen LogP contribution in [0.4, 0.5) is 5.69 Å². The van der Waals surface area contributed by atoms with Crippen molar-refractivity contribution in [2.45, 2.75) is 57.9 Å². The molecule has 3 rings (SSSR count). The van der Waals surface area contributed by atoms with E-state index in [0.29, 0.717) is 19.0 Å². The van der Waals surface area contributed by atoms with E-state index in [1.165, 1.54) is 24.8 Å². The molecule has 124 valence electrons. The molecule has 2 aliphatic rings. The number of anilines is 1. The van der Waals surface area contributed by atoms with Gasteiger partial charge in [0.2, 0.25) is 11.8 Å². The number of benzene rings is 1. The lowest BCUT2D eigenvalue weighted by Crippen LogP contribution is -2.40. The quantitative estimate of drug-likeness (QED) is 0.928. The fourth-order valence-corrected chi connectivity index (χ4v) is 3.61. The molecule has 1 aromatic carbocycles. The maximum absolute atomic E-state index is 12.4. The van der Waals surface area contributed by atoms with Crippen molar-refractivity contribution in [1.29, 1.82) is 0 Å². The predicted octanol–water partition coefficient (Wildman–Crippen LogP) is 3.05. The van der Waals surface area contributed by atoms with Gasteiger partial charge in [-0.15, -0.1) is 0 Å². The Morgan fingerprint density at radius 2 is 1.87 bits per heavy atom. The topological polar surface area (TPSA) is 49.4 Å². The number of carbonyl (C=O) groups excluding carboxylic acids is 2. The lowest BCUT2D eigenvalue weighted by atomic mass is 9.95. The fourth-order valence-electron chi connectivity index (χ4n) is 3.61. The van der Waals surface area contributed by atoms with Crippen molar-refractivity contribution in [1.82, 2.24) is 5.32 Å². The number of hydrogen-bond donors (Lipinski definition) is 1. The Labute approximate surface area is 138 Å². The third-order valence-corrected chi connectivity index (χ3v) is 5.10. The molecule has 0 aromatic heterocycles. The van der Waals surface area contributed by atoms with Crippen LogP contribution in [-0.2, 0) is 16.0 Å². The predicted molar refractivity (Wildman–Crippen MR) is 91.3 cm³/mol. The van der Waals surface area contributed by atoms with Crippen LogP contribution in [0.2, 0.25) is 0 Å². The summed E-state index contributed by atoms with van der Waals surface area (Å²) in [4.78, 5) is 26.5. The van der Waals surface area contributed by atoms with E-state index in [4.69, 9.17) is 0 Å². The van der Waals surface area contributed by atoms with E-state index in [2.05, 4.69) is 24.4 Å². The molecule has 1 aliphatic carbocycles. The van der Waals surface area contributed by atoms with Gasteiger partial charge in [0.25, 0.3) is 0 Å².